The van der Waals surface area contributed by atoms with E-state index in [-0.39, 0.29) is 5.91 Å². The Morgan fingerprint density at radius 3 is 2.88 bits per heavy atom. The summed E-state index contributed by atoms with van der Waals surface area (Å²) in [6, 6.07) is 10.9. The average molecular weight is 245 g/mol. The maximum absolute atomic E-state index is 10.9. The van der Waals surface area contributed by atoms with Crippen LogP contribution in [0.3, 0.4) is 0 Å². The van der Waals surface area contributed by atoms with Gasteiger partial charge in [-0.05, 0) is 24.5 Å². The molecule has 1 aromatic heterocycles. The molecule has 0 saturated carbocycles. The number of carbonyl (C=O) groups is 1. The summed E-state index contributed by atoms with van der Waals surface area (Å²) in [5, 5.41) is 5.35. The van der Waals surface area contributed by atoms with Crippen molar-refractivity contribution in [3.8, 4) is 0 Å². The predicted octanol–water partition coefficient (Wildman–Crippen LogP) is 2.69. The molecule has 0 aliphatic heterocycles. The second kappa shape index (κ2) is 5.59. The minimum atomic E-state index is -0.0792. The fourth-order valence-electron chi connectivity index (χ4n) is 1.49. The summed E-state index contributed by atoms with van der Waals surface area (Å²) in [5.74, 6) is -0.0792. The van der Waals surface area contributed by atoms with Crippen molar-refractivity contribution >= 4 is 22.4 Å². The van der Waals surface area contributed by atoms with Crippen LogP contribution in [-0.2, 0) is 17.6 Å². The number of benzene rings is 1. The van der Waals surface area contributed by atoms with Gasteiger partial charge in [-0.2, -0.15) is 0 Å². The van der Waals surface area contributed by atoms with Crippen LogP contribution in [0.4, 0.5) is 5.13 Å². The lowest BCUT2D eigenvalue weighted by atomic mass is 10.1. The Labute approximate surface area is 105 Å². The molecule has 0 atom stereocenters. The van der Waals surface area contributed by atoms with E-state index in [1.165, 1.54) is 23.8 Å². The number of nitrogens with one attached hydrogen (secondary N) is 1. The van der Waals surface area contributed by atoms with Crippen molar-refractivity contribution < 1.29 is 4.79 Å². The molecule has 2 aromatic rings. The summed E-state index contributed by atoms with van der Waals surface area (Å²) in [6.45, 7) is 1.49. The third-order valence-electron chi connectivity index (χ3n) is 2.29. The molecule has 3 nitrogen and oxygen atoms in total. The standard InChI is InChI=1S/C13H13N2OS/c1-10(16)14-13-15-12(9-17-13)8-7-11-5-3-2-4-6-11/h3-6,9H,7-8H2,1H3,(H,14,15,16). The number of aromatic nitrogens is 1. The zero-order valence-corrected chi connectivity index (χ0v) is 10.4. The number of thiazole rings is 1. The molecule has 0 fully saturated rings. The highest BCUT2D eigenvalue weighted by molar-refractivity contribution is 7.13. The highest BCUT2D eigenvalue weighted by Crippen LogP contribution is 2.16. The second-order valence-corrected chi connectivity index (χ2v) is 4.59. The Bertz CT molecular complexity index is 493. The first-order valence-electron chi connectivity index (χ1n) is 5.41. The molecule has 1 aromatic carbocycles. The first kappa shape index (κ1) is 11.8. The summed E-state index contributed by atoms with van der Waals surface area (Å²) < 4.78 is 0. The van der Waals surface area contributed by atoms with Crippen molar-refractivity contribution in [1.29, 1.82) is 0 Å². The molecule has 0 aliphatic rings. The average Bonchev–Trinajstić information content (AvgIpc) is 2.75. The van der Waals surface area contributed by atoms with Crippen LogP contribution >= 0.6 is 11.3 Å². The third kappa shape index (κ3) is 3.67. The van der Waals surface area contributed by atoms with Gasteiger partial charge in [-0.1, -0.05) is 24.3 Å². The maximum Gasteiger partial charge on any atom is 0.223 e. The van der Waals surface area contributed by atoms with Gasteiger partial charge in [-0.25, -0.2) is 4.98 Å². The van der Waals surface area contributed by atoms with Crippen molar-refractivity contribution in [3.63, 3.8) is 0 Å². The van der Waals surface area contributed by atoms with Crippen LogP contribution < -0.4 is 5.32 Å². The molecule has 0 bridgehead atoms. The summed E-state index contributed by atoms with van der Waals surface area (Å²) in [6.07, 6.45) is 1.85. The molecule has 0 aliphatic carbocycles. The third-order valence-corrected chi connectivity index (χ3v) is 3.10. The Morgan fingerprint density at radius 2 is 2.18 bits per heavy atom. The van der Waals surface area contributed by atoms with Gasteiger partial charge in [0.1, 0.15) is 0 Å². The Hall–Kier alpha value is -1.68. The largest absolute Gasteiger partial charge is 0.302 e. The maximum atomic E-state index is 10.9. The molecule has 1 N–H and O–H groups in total. The van der Waals surface area contributed by atoms with E-state index in [9.17, 15) is 4.79 Å². The molecule has 0 unspecified atom stereocenters. The smallest absolute Gasteiger partial charge is 0.223 e. The molecule has 17 heavy (non-hydrogen) atoms. The van der Waals surface area contributed by atoms with Crippen molar-refractivity contribution in [2.45, 2.75) is 19.8 Å². The van der Waals surface area contributed by atoms with Gasteiger partial charge in [0.25, 0.3) is 0 Å². The predicted molar refractivity (Wildman–Crippen MR) is 69.1 cm³/mol. The Morgan fingerprint density at radius 1 is 1.41 bits per heavy atom. The number of nitrogens with zero attached hydrogens (tertiary/aromatic N) is 1. The van der Waals surface area contributed by atoms with Gasteiger partial charge in [-0.15, -0.1) is 11.3 Å². The van der Waals surface area contributed by atoms with Gasteiger partial charge < -0.3 is 5.32 Å². The molecule has 1 heterocycles. The molecule has 2 rings (SSSR count). The van der Waals surface area contributed by atoms with Crippen LogP contribution in [-0.4, -0.2) is 10.9 Å². The molecule has 1 radical (unpaired) electrons. The lowest BCUT2D eigenvalue weighted by Gasteiger charge is -1.98. The van der Waals surface area contributed by atoms with Gasteiger partial charge in [0.15, 0.2) is 5.13 Å². The summed E-state index contributed by atoms with van der Waals surface area (Å²) >= 11 is 1.46. The van der Waals surface area contributed by atoms with Crippen molar-refractivity contribution in [1.82, 2.24) is 4.98 Å². The molecule has 4 heteroatoms. The van der Waals surface area contributed by atoms with Crippen LogP contribution in [0.25, 0.3) is 0 Å². The number of anilines is 1. The molecular weight excluding hydrogens is 232 g/mol. The minimum absolute atomic E-state index is 0.0792. The highest BCUT2D eigenvalue weighted by atomic mass is 32.1. The first-order valence-corrected chi connectivity index (χ1v) is 6.29. The fourth-order valence-corrected chi connectivity index (χ4v) is 2.28. The number of carbonyl (C=O) groups excluding carboxylic acids is 1. The number of aryl methyl sites for hydroxylation is 2. The zero-order valence-electron chi connectivity index (χ0n) is 9.56. The monoisotopic (exact) mass is 245 g/mol. The summed E-state index contributed by atoms with van der Waals surface area (Å²) in [7, 11) is 0. The molecule has 87 valence electrons. The van der Waals surface area contributed by atoms with E-state index >= 15 is 0 Å². The van der Waals surface area contributed by atoms with Crippen LogP contribution in [0.2, 0.25) is 0 Å². The van der Waals surface area contributed by atoms with Gasteiger partial charge in [0.05, 0.1) is 5.69 Å². The van der Waals surface area contributed by atoms with Gasteiger partial charge >= 0.3 is 0 Å². The topological polar surface area (TPSA) is 42.0 Å². The van der Waals surface area contributed by atoms with Crippen molar-refractivity contribution in [2.24, 2.45) is 0 Å². The molecule has 0 spiro atoms. The summed E-state index contributed by atoms with van der Waals surface area (Å²) in [4.78, 5) is 15.2. The van der Waals surface area contributed by atoms with Gasteiger partial charge in [0.2, 0.25) is 5.91 Å². The molecule has 1 amide bonds. The van der Waals surface area contributed by atoms with E-state index in [1.54, 1.807) is 0 Å². The normalized spacial score (nSPS) is 10.2. The number of rotatable bonds is 4. The van der Waals surface area contributed by atoms with Gasteiger partial charge in [-0.3, -0.25) is 4.79 Å². The van der Waals surface area contributed by atoms with E-state index in [1.807, 2.05) is 17.5 Å². The SMILES string of the molecule is CC(=O)Nc1nc(CCc2cc[c]cc2)cs1. The van der Waals surface area contributed by atoms with Crippen molar-refractivity contribution in [2.75, 3.05) is 5.32 Å². The Kier molecular flexibility index (Phi) is 3.88. The zero-order chi connectivity index (χ0) is 12.1. The van der Waals surface area contributed by atoms with Crippen LogP contribution in [0.15, 0.2) is 29.6 Å². The van der Waals surface area contributed by atoms with E-state index in [0.717, 1.165) is 18.5 Å². The molecule has 0 saturated heterocycles. The van der Waals surface area contributed by atoms with E-state index in [4.69, 9.17) is 0 Å². The number of hydrogen-bond donors (Lipinski definition) is 1. The number of amides is 1. The van der Waals surface area contributed by atoms with Crippen molar-refractivity contribution in [3.05, 3.63) is 47.0 Å². The summed E-state index contributed by atoms with van der Waals surface area (Å²) in [5.41, 5.74) is 2.30. The van der Waals surface area contributed by atoms with Crippen LogP contribution in [0.5, 0.6) is 0 Å². The van der Waals surface area contributed by atoms with E-state index < -0.39 is 0 Å². The second-order valence-electron chi connectivity index (χ2n) is 3.73. The van der Waals surface area contributed by atoms with E-state index in [2.05, 4.69) is 28.5 Å². The highest BCUT2D eigenvalue weighted by Gasteiger charge is 2.03. The quantitative estimate of drug-likeness (QED) is 0.899. The Balaban J connectivity index is 1.91. The van der Waals surface area contributed by atoms with Crippen LogP contribution in [0, 0.1) is 6.07 Å². The minimum Gasteiger partial charge on any atom is -0.302 e. The lowest BCUT2D eigenvalue weighted by Crippen LogP contribution is -2.05. The first-order chi connectivity index (χ1) is 8.24. The lowest BCUT2D eigenvalue weighted by molar-refractivity contribution is -0.114. The number of hydrogen-bond acceptors (Lipinski definition) is 3. The van der Waals surface area contributed by atoms with E-state index in [0.29, 0.717) is 5.13 Å². The molecular formula is C13H13N2OS. The fraction of sp³-hybridized carbons (Fsp3) is 0.231. The van der Waals surface area contributed by atoms with Crippen LogP contribution in [0.1, 0.15) is 18.2 Å². The van der Waals surface area contributed by atoms with Gasteiger partial charge in [0, 0.05) is 12.3 Å².